The number of halogens is 2. The number of hydrogen-bond acceptors (Lipinski definition) is 7. The number of benzene rings is 3. The van der Waals surface area contributed by atoms with Crippen LogP contribution in [-0.2, 0) is 9.59 Å². The molecule has 2 N–H and O–H groups in total. The number of Topliss-reactive ketones (excluding diaryl/α,β-unsaturated/α-hetero) is 1. The predicted octanol–water partition coefficient (Wildman–Crippen LogP) is 4.38. The van der Waals surface area contributed by atoms with Crippen LogP contribution in [0.1, 0.15) is 17.2 Å². The molecule has 1 saturated heterocycles. The number of carbonyl (C=O) groups is 2. The van der Waals surface area contributed by atoms with E-state index < -0.39 is 40.0 Å². The van der Waals surface area contributed by atoms with Crippen molar-refractivity contribution in [1.82, 2.24) is 9.97 Å². The van der Waals surface area contributed by atoms with E-state index in [4.69, 9.17) is 4.74 Å². The largest absolute Gasteiger partial charge is 0.507 e. The highest BCUT2D eigenvalue weighted by Crippen LogP contribution is 2.42. The number of ketones is 1. The van der Waals surface area contributed by atoms with E-state index in [0.29, 0.717) is 11.3 Å². The number of aliphatic hydroxyl groups excluding tert-OH is 1. The van der Waals surface area contributed by atoms with Gasteiger partial charge in [-0.25, -0.2) is 13.8 Å². The highest BCUT2D eigenvalue weighted by Gasteiger charge is 2.48. The lowest BCUT2D eigenvalue weighted by molar-refractivity contribution is -0.384. The van der Waals surface area contributed by atoms with E-state index in [9.17, 15) is 33.6 Å². The molecule has 0 spiro atoms. The molecule has 0 saturated carbocycles. The van der Waals surface area contributed by atoms with Gasteiger partial charge < -0.3 is 14.8 Å². The number of nitrogens with zero attached hydrogens (tertiary/aromatic N) is 3. The van der Waals surface area contributed by atoms with Crippen molar-refractivity contribution in [3.8, 4) is 5.75 Å². The van der Waals surface area contributed by atoms with Crippen molar-refractivity contribution >= 4 is 40.1 Å². The second-order valence-electron chi connectivity index (χ2n) is 8.09. The summed E-state index contributed by atoms with van der Waals surface area (Å²) >= 11 is 0. The number of nitrogens with one attached hydrogen (secondary N) is 1. The summed E-state index contributed by atoms with van der Waals surface area (Å²) in [5.74, 6) is -4.75. The second kappa shape index (κ2) is 8.82. The first kappa shape index (κ1) is 23.6. The number of hydrogen-bond donors (Lipinski definition) is 2. The van der Waals surface area contributed by atoms with Gasteiger partial charge in [0.2, 0.25) is 5.95 Å². The Morgan fingerprint density at radius 1 is 1.11 bits per heavy atom. The fraction of sp³-hybridized carbons (Fsp3) is 0.0800. The highest BCUT2D eigenvalue weighted by molar-refractivity contribution is 6.51. The summed E-state index contributed by atoms with van der Waals surface area (Å²) in [6.07, 6.45) is 0. The van der Waals surface area contributed by atoms with E-state index in [0.717, 1.165) is 29.2 Å². The van der Waals surface area contributed by atoms with Crippen molar-refractivity contribution in [3.63, 3.8) is 0 Å². The van der Waals surface area contributed by atoms with Crippen molar-refractivity contribution in [2.24, 2.45) is 0 Å². The molecular formula is C25H16F2N4O6. The molecule has 12 heteroatoms. The van der Waals surface area contributed by atoms with Gasteiger partial charge in [-0.3, -0.25) is 24.6 Å². The van der Waals surface area contributed by atoms with Crippen molar-refractivity contribution in [2.45, 2.75) is 6.04 Å². The molecule has 2 heterocycles. The normalized spacial score (nSPS) is 16.9. The number of methoxy groups -OCH3 is 1. The number of nitro benzene ring substituents is 1. The molecule has 37 heavy (non-hydrogen) atoms. The molecule has 3 aromatic carbocycles. The molecule has 1 aliphatic heterocycles. The molecule has 1 aliphatic rings. The molecule has 0 aliphatic carbocycles. The summed E-state index contributed by atoms with van der Waals surface area (Å²) < 4.78 is 32.8. The van der Waals surface area contributed by atoms with Gasteiger partial charge in [-0.05, 0) is 29.8 Å². The molecule has 4 aromatic rings. The lowest BCUT2D eigenvalue weighted by Gasteiger charge is -2.23. The van der Waals surface area contributed by atoms with Crippen molar-refractivity contribution in [1.29, 1.82) is 0 Å². The Kier molecular flexibility index (Phi) is 5.63. The lowest BCUT2D eigenvalue weighted by Crippen LogP contribution is -2.30. The van der Waals surface area contributed by atoms with Crippen LogP contribution in [0.3, 0.4) is 0 Å². The van der Waals surface area contributed by atoms with Crippen LogP contribution < -0.4 is 9.64 Å². The van der Waals surface area contributed by atoms with Gasteiger partial charge in [0.25, 0.3) is 11.5 Å². The minimum atomic E-state index is -1.22. The van der Waals surface area contributed by atoms with E-state index in [-0.39, 0.29) is 33.8 Å². The van der Waals surface area contributed by atoms with Gasteiger partial charge in [0.05, 0.1) is 34.7 Å². The molecular weight excluding hydrogens is 490 g/mol. The number of ether oxygens (including phenoxy) is 1. The molecule has 1 amide bonds. The molecule has 5 rings (SSSR count). The Balaban J connectivity index is 1.72. The van der Waals surface area contributed by atoms with Gasteiger partial charge in [0, 0.05) is 29.8 Å². The number of carbonyl (C=O) groups excluding carboxylic acids is 2. The summed E-state index contributed by atoms with van der Waals surface area (Å²) in [6, 6.07) is 11.7. The molecule has 0 bridgehead atoms. The number of amides is 1. The van der Waals surface area contributed by atoms with Crippen LogP contribution in [0.2, 0.25) is 0 Å². The van der Waals surface area contributed by atoms with Crippen molar-refractivity contribution in [2.75, 3.05) is 12.0 Å². The second-order valence-corrected chi connectivity index (χ2v) is 8.09. The van der Waals surface area contributed by atoms with Crippen molar-refractivity contribution < 1.29 is 33.1 Å². The van der Waals surface area contributed by atoms with Gasteiger partial charge in [-0.2, -0.15) is 0 Å². The zero-order valence-electron chi connectivity index (χ0n) is 18.9. The topological polar surface area (TPSA) is 139 Å². The van der Waals surface area contributed by atoms with E-state index in [1.54, 1.807) is 24.3 Å². The Labute approximate surface area is 206 Å². The smallest absolute Gasteiger partial charge is 0.302 e. The summed E-state index contributed by atoms with van der Waals surface area (Å²) in [7, 11) is 1.43. The molecule has 1 unspecified atom stereocenters. The number of aromatic amines is 1. The number of anilines is 1. The third-order valence-electron chi connectivity index (χ3n) is 5.95. The fourth-order valence-corrected chi connectivity index (χ4v) is 4.18. The van der Waals surface area contributed by atoms with Gasteiger partial charge in [0.15, 0.2) is 11.6 Å². The number of nitro groups is 1. The molecule has 10 nitrogen and oxygen atoms in total. The van der Waals surface area contributed by atoms with Gasteiger partial charge in [-0.15, -0.1) is 0 Å². The molecule has 1 atom stereocenters. The van der Waals surface area contributed by atoms with Crippen LogP contribution >= 0.6 is 0 Å². The number of non-ortho nitro benzene ring substituents is 1. The number of H-pyrrole nitrogens is 1. The maximum Gasteiger partial charge on any atom is 0.302 e. The quantitative estimate of drug-likeness (QED) is 0.135. The third kappa shape index (κ3) is 3.93. The van der Waals surface area contributed by atoms with Crippen LogP contribution in [0.5, 0.6) is 5.75 Å². The number of aliphatic hydroxyl groups is 1. The number of fused-ring (bicyclic) bond motifs is 1. The average Bonchev–Trinajstić information content (AvgIpc) is 3.41. The maximum atomic E-state index is 13.8. The van der Waals surface area contributed by atoms with Crippen LogP contribution in [-0.4, -0.2) is 38.8 Å². The molecule has 1 fully saturated rings. The number of aromatic nitrogens is 2. The van der Waals surface area contributed by atoms with Crippen LogP contribution in [0, 0.1) is 21.7 Å². The summed E-state index contributed by atoms with van der Waals surface area (Å²) in [5.41, 5.74) is -0.0378. The average molecular weight is 506 g/mol. The van der Waals surface area contributed by atoms with Gasteiger partial charge in [-0.1, -0.05) is 12.1 Å². The first-order valence-corrected chi connectivity index (χ1v) is 10.7. The van der Waals surface area contributed by atoms with Crippen LogP contribution in [0.4, 0.5) is 20.4 Å². The third-order valence-corrected chi connectivity index (χ3v) is 5.95. The van der Waals surface area contributed by atoms with Crippen LogP contribution in [0.15, 0.2) is 66.2 Å². The van der Waals surface area contributed by atoms with E-state index in [1.165, 1.54) is 19.2 Å². The first-order chi connectivity index (χ1) is 17.7. The Morgan fingerprint density at radius 3 is 2.49 bits per heavy atom. The monoisotopic (exact) mass is 506 g/mol. The molecule has 0 radical (unpaired) electrons. The number of rotatable bonds is 5. The maximum absolute atomic E-state index is 13.8. The van der Waals surface area contributed by atoms with E-state index in [2.05, 4.69) is 9.97 Å². The zero-order chi connectivity index (χ0) is 26.4. The first-order valence-electron chi connectivity index (χ1n) is 10.7. The Hall–Kier alpha value is -5.13. The predicted molar refractivity (Wildman–Crippen MR) is 127 cm³/mol. The van der Waals surface area contributed by atoms with E-state index >= 15 is 0 Å². The zero-order valence-corrected chi connectivity index (χ0v) is 18.9. The molecule has 1 aromatic heterocycles. The fourth-order valence-electron chi connectivity index (χ4n) is 4.18. The van der Waals surface area contributed by atoms with Gasteiger partial charge in [0.1, 0.15) is 11.5 Å². The summed E-state index contributed by atoms with van der Waals surface area (Å²) in [6.45, 7) is 0. The van der Waals surface area contributed by atoms with Crippen LogP contribution in [0.25, 0.3) is 16.8 Å². The summed E-state index contributed by atoms with van der Waals surface area (Å²) in [5, 5.41) is 22.1. The van der Waals surface area contributed by atoms with E-state index in [1.807, 2.05) is 0 Å². The molecule has 186 valence electrons. The van der Waals surface area contributed by atoms with Crippen molar-refractivity contribution in [3.05, 3.63) is 99.1 Å². The number of imidazole rings is 1. The Morgan fingerprint density at radius 2 is 1.81 bits per heavy atom. The SMILES string of the molecule is COc1cccc(C2/C(=C(\O)c3ccc([N+](=O)[O-])cc3)C(=O)C(=O)N2c2nc3cc(F)c(F)cc3[nH]2)c1. The minimum absolute atomic E-state index is 0.00978. The Bertz CT molecular complexity index is 1590. The standard InChI is InChI=1S/C25H16F2N4O6/c1-37-15-4-2-3-13(9-15)21-20(22(32)12-5-7-14(8-6-12)31(35)36)23(33)24(34)30(21)25-28-18-10-16(26)17(27)11-19(18)29-25/h2-11,21,32H,1H3,(H,28,29)/b22-20+. The van der Waals surface area contributed by atoms with Gasteiger partial charge >= 0.3 is 5.91 Å². The lowest BCUT2D eigenvalue weighted by atomic mass is 9.95. The highest BCUT2D eigenvalue weighted by atomic mass is 19.2. The summed E-state index contributed by atoms with van der Waals surface area (Å²) in [4.78, 5) is 44.7. The minimum Gasteiger partial charge on any atom is -0.507 e.